The average Bonchev–Trinajstić information content (AvgIpc) is 2.52. The van der Waals surface area contributed by atoms with Gasteiger partial charge < -0.3 is 10.2 Å². The molecule has 7 heteroatoms. The van der Waals surface area contributed by atoms with E-state index in [2.05, 4.69) is 5.32 Å². The normalized spacial score (nSPS) is 10.3. The summed E-state index contributed by atoms with van der Waals surface area (Å²) in [7, 11) is 0. The molecule has 4 nitrogen and oxygen atoms in total. The molecule has 0 saturated carbocycles. The van der Waals surface area contributed by atoms with Crippen molar-refractivity contribution in [3.05, 3.63) is 63.1 Å². The van der Waals surface area contributed by atoms with Crippen molar-refractivity contribution in [1.82, 2.24) is 4.90 Å². The van der Waals surface area contributed by atoms with Crippen molar-refractivity contribution in [1.29, 1.82) is 0 Å². The fraction of sp³-hybridized carbons (Fsp3) is 0.176. The predicted octanol–water partition coefficient (Wildman–Crippen LogP) is 4.63. The summed E-state index contributed by atoms with van der Waals surface area (Å²) < 4.78 is 0. The van der Waals surface area contributed by atoms with E-state index in [1.54, 1.807) is 30.3 Å². The Hall–Kier alpha value is -1.75. The van der Waals surface area contributed by atoms with Gasteiger partial charge in [0.25, 0.3) is 0 Å². The van der Waals surface area contributed by atoms with Crippen molar-refractivity contribution in [2.24, 2.45) is 0 Å². The van der Waals surface area contributed by atoms with Gasteiger partial charge >= 0.3 is 0 Å². The van der Waals surface area contributed by atoms with Gasteiger partial charge in [-0.15, -0.1) is 0 Å². The second-order valence-electron chi connectivity index (χ2n) is 5.18. The summed E-state index contributed by atoms with van der Waals surface area (Å²) in [6, 6.07) is 11.9. The van der Waals surface area contributed by atoms with Crippen LogP contribution < -0.4 is 5.32 Å². The van der Waals surface area contributed by atoms with Crippen LogP contribution in [0.4, 0.5) is 5.69 Å². The largest absolute Gasteiger partial charge is 0.329 e. The minimum Gasteiger partial charge on any atom is -0.329 e. The molecule has 0 spiro atoms. The Balaban J connectivity index is 2.01. The van der Waals surface area contributed by atoms with Gasteiger partial charge in [-0.25, -0.2) is 0 Å². The number of nitrogens with zero attached hydrogens (tertiary/aromatic N) is 1. The highest BCUT2D eigenvalue weighted by Crippen LogP contribution is 2.25. The van der Waals surface area contributed by atoms with E-state index in [0.29, 0.717) is 27.3 Å². The van der Waals surface area contributed by atoms with Crippen LogP contribution in [0.1, 0.15) is 12.5 Å². The first-order valence-corrected chi connectivity index (χ1v) is 8.23. The Morgan fingerprint density at radius 3 is 2.25 bits per heavy atom. The molecule has 0 saturated heterocycles. The van der Waals surface area contributed by atoms with Crippen LogP contribution in [0.3, 0.4) is 0 Å². The van der Waals surface area contributed by atoms with Crippen molar-refractivity contribution in [3.63, 3.8) is 0 Å². The minimum absolute atomic E-state index is 0.0712. The number of anilines is 1. The second kappa shape index (κ2) is 8.38. The summed E-state index contributed by atoms with van der Waals surface area (Å²) >= 11 is 17.6. The summed E-state index contributed by atoms with van der Waals surface area (Å²) in [5.41, 5.74) is 1.40. The van der Waals surface area contributed by atoms with E-state index < -0.39 is 0 Å². The number of benzene rings is 2. The van der Waals surface area contributed by atoms with Crippen molar-refractivity contribution >= 4 is 52.3 Å². The zero-order valence-corrected chi connectivity index (χ0v) is 15.1. The minimum atomic E-state index is -0.322. The highest BCUT2D eigenvalue weighted by molar-refractivity contribution is 6.42. The van der Waals surface area contributed by atoms with E-state index in [0.717, 1.165) is 5.56 Å². The molecule has 0 aliphatic carbocycles. The van der Waals surface area contributed by atoms with E-state index in [1.165, 1.54) is 11.8 Å². The SMILES string of the molecule is CC(=O)N(CC(=O)Nc1ccc(Cl)c(Cl)c1)Cc1ccc(Cl)cc1. The third kappa shape index (κ3) is 5.41. The molecule has 2 aromatic rings. The summed E-state index contributed by atoms with van der Waals surface area (Å²) in [5, 5.41) is 4.06. The van der Waals surface area contributed by atoms with Crippen LogP contribution in [0.2, 0.25) is 15.1 Å². The molecule has 0 unspecified atom stereocenters. The van der Waals surface area contributed by atoms with Crippen LogP contribution in [0.5, 0.6) is 0 Å². The maximum atomic E-state index is 12.2. The van der Waals surface area contributed by atoms with Gasteiger partial charge in [-0.05, 0) is 35.9 Å². The van der Waals surface area contributed by atoms with Gasteiger partial charge in [0.2, 0.25) is 11.8 Å². The van der Waals surface area contributed by atoms with Crippen molar-refractivity contribution in [3.8, 4) is 0 Å². The third-order valence-electron chi connectivity index (χ3n) is 3.27. The molecule has 0 fully saturated rings. The van der Waals surface area contributed by atoms with E-state index in [1.807, 2.05) is 12.1 Å². The Labute approximate surface area is 155 Å². The van der Waals surface area contributed by atoms with Crippen LogP contribution in [0, 0.1) is 0 Å². The van der Waals surface area contributed by atoms with E-state index in [9.17, 15) is 9.59 Å². The quantitative estimate of drug-likeness (QED) is 0.815. The second-order valence-corrected chi connectivity index (χ2v) is 6.43. The first-order chi connectivity index (χ1) is 11.3. The summed E-state index contributed by atoms with van der Waals surface area (Å²) in [4.78, 5) is 25.4. The smallest absolute Gasteiger partial charge is 0.244 e. The molecule has 2 aromatic carbocycles. The van der Waals surface area contributed by atoms with Crippen LogP contribution in [0.15, 0.2) is 42.5 Å². The fourth-order valence-electron chi connectivity index (χ4n) is 2.04. The van der Waals surface area contributed by atoms with Crippen LogP contribution in [-0.4, -0.2) is 23.3 Å². The van der Waals surface area contributed by atoms with Crippen LogP contribution in [0.25, 0.3) is 0 Å². The lowest BCUT2D eigenvalue weighted by Crippen LogP contribution is -2.36. The van der Waals surface area contributed by atoms with Gasteiger partial charge in [0.05, 0.1) is 10.0 Å². The maximum absolute atomic E-state index is 12.2. The lowest BCUT2D eigenvalue weighted by atomic mass is 10.2. The van der Waals surface area contributed by atoms with Crippen LogP contribution >= 0.6 is 34.8 Å². The predicted molar refractivity (Wildman–Crippen MR) is 97.6 cm³/mol. The molecule has 0 heterocycles. The van der Waals surface area contributed by atoms with Gasteiger partial charge in [0.1, 0.15) is 6.54 Å². The number of hydrogen-bond acceptors (Lipinski definition) is 2. The summed E-state index contributed by atoms with van der Waals surface area (Å²) in [5.74, 6) is -0.521. The van der Waals surface area contributed by atoms with Gasteiger partial charge in [0.15, 0.2) is 0 Å². The monoisotopic (exact) mass is 384 g/mol. The number of halogens is 3. The first-order valence-electron chi connectivity index (χ1n) is 7.10. The van der Waals surface area contributed by atoms with Gasteiger partial charge in [0, 0.05) is 24.2 Å². The Morgan fingerprint density at radius 1 is 1.00 bits per heavy atom. The molecule has 0 aromatic heterocycles. The molecule has 0 aliphatic heterocycles. The summed E-state index contributed by atoms with van der Waals surface area (Å²) in [6.07, 6.45) is 0. The number of nitrogens with one attached hydrogen (secondary N) is 1. The molecule has 126 valence electrons. The van der Waals surface area contributed by atoms with Gasteiger partial charge in [-0.1, -0.05) is 46.9 Å². The fourth-order valence-corrected chi connectivity index (χ4v) is 2.46. The highest BCUT2D eigenvalue weighted by atomic mass is 35.5. The van der Waals surface area contributed by atoms with Crippen molar-refractivity contribution in [2.45, 2.75) is 13.5 Å². The van der Waals surface area contributed by atoms with Crippen molar-refractivity contribution in [2.75, 3.05) is 11.9 Å². The Bertz CT molecular complexity index is 748. The average molecular weight is 386 g/mol. The molecule has 2 amide bonds. The molecule has 1 N–H and O–H groups in total. The molecule has 0 aliphatic rings. The standard InChI is InChI=1S/C17H15Cl3N2O2/c1-11(23)22(9-12-2-4-13(18)5-3-12)10-17(24)21-14-6-7-15(19)16(20)8-14/h2-8H,9-10H2,1H3,(H,21,24). The molecule has 24 heavy (non-hydrogen) atoms. The molecular formula is C17H15Cl3N2O2. The lowest BCUT2D eigenvalue weighted by molar-refractivity contribution is -0.133. The van der Waals surface area contributed by atoms with Gasteiger partial charge in [-0.2, -0.15) is 0 Å². The number of amides is 2. The molecule has 0 atom stereocenters. The Morgan fingerprint density at radius 2 is 1.67 bits per heavy atom. The molecular weight excluding hydrogens is 371 g/mol. The highest BCUT2D eigenvalue weighted by Gasteiger charge is 2.14. The summed E-state index contributed by atoms with van der Waals surface area (Å²) in [6.45, 7) is 1.67. The van der Waals surface area contributed by atoms with E-state index in [4.69, 9.17) is 34.8 Å². The number of hydrogen-bond donors (Lipinski definition) is 1. The lowest BCUT2D eigenvalue weighted by Gasteiger charge is -2.20. The van der Waals surface area contributed by atoms with Gasteiger partial charge in [-0.3, -0.25) is 9.59 Å². The first kappa shape index (κ1) is 18.6. The third-order valence-corrected chi connectivity index (χ3v) is 4.26. The zero-order valence-electron chi connectivity index (χ0n) is 12.9. The number of carbonyl (C=O) groups excluding carboxylic acids is 2. The topological polar surface area (TPSA) is 49.4 Å². The number of rotatable bonds is 5. The molecule has 0 radical (unpaired) electrons. The van der Waals surface area contributed by atoms with E-state index in [-0.39, 0.29) is 18.4 Å². The molecule has 2 rings (SSSR count). The maximum Gasteiger partial charge on any atom is 0.244 e. The van der Waals surface area contributed by atoms with E-state index >= 15 is 0 Å². The zero-order chi connectivity index (χ0) is 17.7. The number of carbonyl (C=O) groups is 2. The molecule has 0 bridgehead atoms. The van der Waals surface area contributed by atoms with Crippen molar-refractivity contribution < 1.29 is 9.59 Å². The van der Waals surface area contributed by atoms with Crippen LogP contribution in [-0.2, 0) is 16.1 Å². The Kier molecular flexibility index (Phi) is 6.49.